The summed E-state index contributed by atoms with van der Waals surface area (Å²) < 4.78 is 0. The van der Waals surface area contributed by atoms with E-state index in [4.69, 9.17) is 0 Å². The molecule has 2 rings (SSSR count). The summed E-state index contributed by atoms with van der Waals surface area (Å²) in [6.45, 7) is 13.1. The molecule has 1 aliphatic carbocycles. The van der Waals surface area contributed by atoms with E-state index >= 15 is 0 Å². The minimum absolute atomic E-state index is 0.387. The van der Waals surface area contributed by atoms with Gasteiger partial charge in [-0.25, -0.2) is 0 Å². The Labute approximate surface area is 101 Å². The summed E-state index contributed by atoms with van der Waals surface area (Å²) in [6.07, 6.45) is 4.40. The summed E-state index contributed by atoms with van der Waals surface area (Å²) in [6, 6.07) is 1.45. The van der Waals surface area contributed by atoms with Crippen LogP contribution in [0.3, 0.4) is 0 Å². The van der Waals surface area contributed by atoms with E-state index in [9.17, 15) is 0 Å². The third kappa shape index (κ3) is 3.21. The topological polar surface area (TPSA) is 15.3 Å². The molecule has 1 N–H and O–H groups in total. The fraction of sp³-hybridized carbons (Fsp3) is 1.00. The van der Waals surface area contributed by atoms with Gasteiger partial charge in [-0.3, -0.25) is 4.90 Å². The zero-order valence-electron chi connectivity index (χ0n) is 11.4. The molecule has 1 heterocycles. The lowest BCUT2D eigenvalue weighted by Crippen LogP contribution is -2.57. The van der Waals surface area contributed by atoms with Crippen LogP contribution in [0, 0.1) is 11.3 Å². The highest BCUT2D eigenvalue weighted by atomic mass is 15.2. The molecule has 2 nitrogen and oxygen atoms in total. The van der Waals surface area contributed by atoms with E-state index < -0.39 is 0 Å². The summed E-state index contributed by atoms with van der Waals surface area (Å²) in [5.41, 5.74) is 0.387. The molecule has 0 amide bonds. The van der Waals surface area contributed by atoms with Crippen molar-refractivity contribution in [3.8, 4) is 0 Å². The van der Waals surface area contributed by atoms with Gasteiger partial charge in [0.1, 0.15) is 0 Å². The number of nitrogens with one attached hydrogen (secondary N) is 1. The predicted molar refractivity (Wildman–Crippen MR) is 69.6 cm³/mol. The van der Waals surface area contributed by atoms with Crippen LogP contribution in [0.15, 0.2) is 0 Å². The molecule has 16 heavy (non-hydrogen) atoms. The quantitative estimate of drug-likeness (QED) is 0.792. The second kappa shape index (κ2) is 4.66. The Morgan fingerprint density at radius 1 is 1.31 bits per heavy atom. The largest absolute Gasteiger partial charge is 0.311 e. The van der Waals surface area contributed by atoms with Crippen LogP contribution in [-0.4, -0.2) is 36.6 Å². The van der Waals surface area contributed by atoms with Gasteiger partial charge in [-0.05, 0) is 24.7 Å². The number of hydrogen-bond acceptors (Lipinski definition) is 2. The predicted octanol–water partition coefficient (Wildman–Crippen LogP) is 2.49. The lowest BCUT2D eigenvalue weighted by molar-refractivity contribution is 0.0983. The van der Waals surface area contributed by atoms with E-state index in [2.05, 4.69) is 37.9 Å². The minimum atomic E-state index is 0.387. The molecule has 2 aliphatic rings. The Morgan fingerprint density at radius 2 is 2.00 bits per heavy atom. The van der Waals surface area contributed by atoms with Crippen molar-refractivity contribution in [2.24, 2.45) is 11.3 Å². The van der Waals surface area contributed by atoms with Gasteiger partial charge >= 0.3 is 0 Å². The Hall–Kier alpha value is -0.0800. The van der Waals surface area contributed by atoms with Gasteiger partial charge in [-0.15, -0.1) is 0 Å². The van der Waals surface area contributed by atoms with Crippen molar-refractivity contribution in [2.45, 2.75) is 59.0 Å². The van der Waals surface area contributed by atoms with Crippen LogP contribution < -0.4 is 5.32 Å². The number of hydrogen-bond donors (Lipinski definition) is 1. The Balaban J connectivity index is 1.85. The molecule has 0 spiro atoms. The van der Waals surface area contributed by atoms with E-state index in [-0.39, 0.29) is 0 Å². The smallest absolute Gasteiger partial charge is 0.0244 e. The average Bonchev–Trinajstić information content (AvgIpc) is 3.00. The summed E-state index contributed by atoms with van der Waals surface area (Å²) in [7, 11) is 0. The van der Waals surface area contributed by atoms with Gasteiger partial charge in [0, 0.05) is 31.7 Å². The van der Waals surface area contributed by atoms with Gasteiger partial charge in [-0.2, -0.15) is 0 Å². The van der Waals surface area contributed by atoms with E-state index in [0.29, 0.717) is 11.5 Å². The van der Waals surface area contributed by atoms with Gasteiger partial charge < -0.3 is 5.32 Å². The van der Waals surface area contributed by atoms with Crippen LogP contribution in [0.25, 0.3) is 0 Å². The first-order valence-corrected chi connectivity index (χ1v) is 6.94. The molecule has 0 aromatic carbocycles. The third-order valence-corrected chi connectivity index (χ3v) is 4.25. The molecule has 1 saturated heterocycles. The van der Waals surface area contributed by atoms with Gasteiger partial charge in [0.2, 0.25) is 0 Å². The fourth-order valence-electron chi connectivity index (χ4n) is 2.74. The molecule has 2 fully saturated rings. The van der Waals surface area contributed by atoms with Gasteiger partial charge in [0.25, 0.3) is 0 Å². The molecule has 2 heteroatoms. The molecular weight excluding hydrogens is 196 g/mol. The average molecular weight is 224 g/mol. The first-order chi connectivity index (χ1) is 7.47. The molecule has 0 aromatic heterocycles. The lowest BCUT2D eigenvalue weighted by Gasteiger charge is -2.43. The van der Waals surface area contributed by atoms with Crippen LogP contribution >= 0.6 is 0 Å². The highest BCUT2D eigenvalue weighted by Crippen LogP contribution is 2.35. The minimum Gasteiger partial charge on any atom is -0.311 e. The molecule has 0 aromatic rings. The third-order valence-electron chi connectivity index (χ3n) is 4.25. The maximum absolute atomic E-state index is 3.67. The second-order valence-corrected chi connectivity index (χ2v) is 6.90. The van der Waals surface area contributed by atoms with Gasteiger partial charge in [0.15, 0.2) is 0 Å². The van der Waals surface area contributed by atoms with Crippen molar-refractivity contribution in [2.75, 3.05) is 19.6 Å². The van der Waals surface area contributed by atoms with Crippen LogP contribution in [0.2, 0.25) is 0 Å². The van der Waals surface area contributed by atoms with Crippen molar-refractivity contribution in [1.82, 2.24) is 10.2 Å². The lowest BCUT2D eigenvalue weighted by atomic mass is 9.85. The summed E-state index contributed by atoms with van der Waals surface area (Å²) in [4.78, 5) is 2.70. The van der Waals surface area contributed by atoms with Crippen LogP contribution in [0.4, 0.5) is 0 Å². The molecule has 2 unspecified atom stereocenters. The zero-order chi connectivity index (χ0) is 11.8. The summed E-state index contributed by atoms with van der Waals surface area (Å²) >= 11 is 0. The summed E-state index contributed by atoms with van der Waals surface area (Å²) in [5, 5.41) is 3.67. The molecule has 0 bridgehead atoms. The van der Waals surface area contributed by atoms with Crippen molar-refractivity contribution >= 4 is 0 Å². The number of piperazine rings is 1. The highest BCUT2D eigenvalue weighted by molar-refractivity contribution is 4.90. The Bertz CT molecular complexity index is 227. The van der Waals surface area contributed by atoms with Crippen molar-refractivity contribution in [3.05, 3.63) is 0 Å². The van der Waals surface area contributed by atoms with Gasteiger partial charge in [0.05, 0.1) is 0 Å². The van der Waals surface area contributed by atoms with Crippen molar-refractivity contribution < 1.29 is 0 Å². The van der Waals surface area contributed by atoms with E-state index in [1.807, 2.05) is 0 Å². The SMILES string of the molecule is CC(CC1CC1)N1CCNC(C(C)(C)C)C1. The van der Waals surface area contributed by atoms with Crippen molar-refractivity contribution in [1.29, 1.82) is 0 Å². The van der Waals surface area contributed by atoms with E-state index in [1.54, 1.807) is 0 Å². The normalized spacial score (nSPS) is 30.4. The standard InChI is InChI=1S/C14H28N2/c1-11(9-12-5-6-12)16-8-7-15-13(10-16)14(2,3)4/h11-13,15H,5-10H2,1-4H3. The van der Waals surface area contributed by atoms with Crippen LogP contribution in [0.5, 0.6) is 0 Å². The Morgan fingerprint density at radius 3 is 2.56 bits per heavy atom. The Kier molecular flexibility index (Phi) is 3.60. The number of nitrogens with zero attached hydrogens (tertiary/aromatic N) is 1. The zero-order valence-corrected chi connectivity index (χ0v) is 11.4. The van der Waals surface area contributed by atoms with E-state index in [0.717, 1.165) is 18.5 Å². The molecule has 94 valence electrons. The maximum Gasteiger partial charge on any atom is 0.0244 e. The second-order valence-electron chi connectivity index (χ2n) is 6.90. The molecule has 2 atom stereocenters. The number of rotatable bonds is 3. The maximum atomic E-state index is 3.67. The van der Waals surface area contributed by atoms with Crippen LogP contribution in [-0.2, 0) is 0 Å². The monoisotopic (exact) mass is 224 g/mol. The fourth-order valence-corrected chi connectivity index (χ4v) is 2.74. The molecule has 1 saturated carbocycles. The first-order valence-electron chi connectivity index (χ1n) is 6.94. The van der Waals surface area contributed by atoms with Crippen LogP contribution in [0.1, 0.15) is 47.0 Å². The highest BCUT2D eigenvalue weighted by Gasteiger charge is 2.32. The van der Waals surface area contributed by atoms with E-state index in [1.165, 1.54) is 32.4 Å². The molecular formula is C14H28N2. The van der Waals surface area contributed by atoms with Gasteiger partial charge in [-0.1, -0.05) is 33.6 Å². The molecule has 0 radical (unpaired) electrons. The van der Waals surface area contributed by atoms with Crippen molar-refractivity contribution in [3.63, 3.8) is 0 Å². The molecule has 1 aliphatic heterocycles. The first kappa shape index (κ1) is 12.4. The summed E-state index contributed by atoms with van der Waals surface area (Å²) in [5.74, 6) is 1.05.